The SMILES string of the molecule is O=C(Nc1ccccc1C(=O)N[C@@H](Cc1ccccc1)c1ccccc1)c1ccco1. The van der Waals surface area contributed by atoms with Gasteiger partial charge in [-0.3, -0.25) is 9.59 Å². The Morgan fingerprint density at radius 1 is 0.742 bits per heavy atom. The molecule has 0 unspecified atom stereocenters. The van der Waals surface area contributed by atoms with Gasteiger partial charge in [-0.25, -0.2) is 0 Å². The summed E-state index contributed by atoms with van der Waals surface area (Å²) in [5.74, 6) is -0.490. The van der Waals surface area contributed by atoms with Crippen LogP contribution in [0.1, 0.15) is 38.1 Å². The molecule has 0 spiro atoms. The molecule has 0 radical (unpaired) electrons. The Labute approximate surface area is 180 Å². The van der Waals surface area contributed by atoms with Crippen LogP contribution in [-0.2, 0) is 6.42 Å². The number of benzene rings is 3. The van der Waals surface area contributed by atoms with Crippen molar-refractivity contribution >= 4 is 17.5 Å². The summed E-state index contributed by atoms with van der Waals surface area (Å²) < 4.78 is 5.14. The van der Waals surface area contributed by atoms with Gasteiger partial charge in [0.25, 0.3) is 11.8 Å². The van der Waals surface area contributed by atoms with Crippen molar-refractivity contribution in [2.24, 2.45) is 0 Å². The minimum atomic E-state index is -0.408. The molecule has 3 aromatic carbocycles. The number of hydrogen-bond donors (Lipinski definition) is 2. The van der Waals surface area contributed by atoms with Gasteiger partial charge in [0.2, 0.25) is 0 Å². The van der Waals surface area contributed by atoms with Crippen molar-refractivity contribution in [2.75, 3.05) is 5.32 Å². The van der Waals surface area contributed by atoms with E-state index >= 15 is 0 Å². The van der Waals surface area contributed by atoms with E-state index in [2.05, 4.69) is 10.6 Å². The highest BCUT2D eigenvalue weighted by atomic mass is 16.3. The van der Waals surface area contributed by atoms with Crippen LogP contribution in [-0.4, -0.2) is 11.8 Å². The molecule has 0 aliphatic rings. The third kappa shape index (κ3) is 5.08. The maximum Gasteiger partial charge on any atom is 0.291 e. The molecule has 31 heavy (non-hydrogen) atoms. The highest BCUT2D eigenvalue weighted by molar-refractivity contribution is 6.07. The molecule has 0 saturated carbocycles. The molecule has 0 bridgehead atoms. The average Bonchev–Trinajstić information content (AvgIpc) is 3.35. The number of amides is 2. The van der Waals surface area contributed by atoms with Gasteiger partial charge in [0.1, 0.15) is 0 Å². The number of rotatable bonds is 7. The van der Waals surface area contributed by atoms with Crippen LogP contribution in [0.4, 0.5) is 5.69 Å². The van der Waals surface area contributed by atoms with Gasteiger partial charge < -0.3 is 15.1 Å². The maximum absolute atomic E-state index is 13.2. The summed E-state index contributed by atoms with van der Waals surface area (Å²) in [5, 5.41) is 5.90. The normalized spacial score (nSPS) is 11.5. The summed E-state index contributed by atoms with van der Waals surface area (Å²) in [5.41, 5.74) is 2.94. The molecule has 2 amide bonds. The molecule has 0 aliphatic carbocycles. The summed E-state index contributed by atoms with van der Waals surface area (Å²) >= 11 is 0. The minimum absolute atomic E-state index is 0.182. The molecule has 0 saturated heterocycles. The highest BCUT2D eigenvalue weighted by Crippen LogP contribution is 2.22. The van der Waals surface area contributed by atoms with Crippen LogP contribution in [0, 0.1) is 0 Å². The lowest BCUT2D eigenvalue weighted by Crippen LogP contribution is -2.31. The van der Waals surface area contributed by atoms with Crippen molar-refractivity contribution in [3.05, 3.63) is 126 Å². The molecule has 4 rings (SSSR count). The first-order valence-corrected chi connectivity index (χ1v) is 10.0. The highest BCUT2D eigenvalue weighted by Gasteiger charge is 2.20. The smallest absolute Gasteiger partial charge is 0.291 e. The molecule has 1 atom stereocenters. The lowest BCUT2D eigenvalue weighted by molar-refractivity contribution is 0.0937. The van der Waals surface area contributed by atoms with Crippen molar-refractivity contribution in [1.29, 1.82) is 0 Å². The molecule has 154 valence electrons. The van der Waals surface area contributed by atoms with Crippen LogP contribution in [0.3, 0.4) is 0 Å². The zero-order chi connectivity index (χ0) is 21.5. The Morgan fingerprint density at radius 2 is 1.42 bits per heavy atom. The zero-order valence-corrected chi connectivity index (χ0v) is 16.8. The van der Waals surface area contributed by atoms with E-state index in [0.717, 1.165) is 11.1 Å². The minimum Gasteiger partial charge on any atom is -0.459 e. The van der Waals surface area contributed by atoms with Crippen LogP contribution in [0.15, 0.2) is 108 Å². The van der Waals surface area contributed by atoms with Gasteiger partial charge >= 0.3 is 0 Å². The van der Waals surface area contributed by atoms with Crippen LogP contribution >= 0.6 is 0 Å². The number of carbonyl (C=O) groups is 2. The van der Waals surface area contributed by atoms with Gasteiger partial charge in [-0.05, 0) is 41.8 Å². The Bertz CT molecular complexity index is 1140. The summed E-state index contributed by atoms with van der Waals surface area (Å²) in [6, 6.07) is 29.8. The largest absolute Gasteiger partial charge is 0.459 e. The molecule has 0 aliphatic heterocycles. The fourth-order valence-electron chi connectivity index (χ4n) is 3.41. The summed E-state index contributed by atoms with van der Waals surface area (Å²) in [7, 11) is 0. The predicted octanol–water partition coefficient (Wildman–Crippen LogP) is 5.25. The van der Waals surface area contributed by atoms with E-state index in [1.54, 1.807) is 36.4 Å². The molecular weight excluding hydrogens is 388 g/mol. The number of carbonyl (C=O) groups excluding carboxylic acids is 2. The van der Waals surface area contributed by atoms with Gasteiger partial charge in [0, 0.05) is 0 Å². The first-order chi connectivity index (χ1) is 15.2. The second-order valence-corrected chi connectivity index (χ2v) is 7.10. The second kappa shape index (κ2) is 9.59. The van der Waals surface area contributed by atoms with E-state index in [-0.39, 0.29) is 17.7 Å². The molecule has 1 aromatic heterocycles. The summed E-state index contributed by atoms with van der Waals surface area (Å²) in [4.78, 5) is 25.6. The lowest BCUT2D eigenvalue weighted by Gasteiger charge is -2.20. The Hall–Kier alpha value is -4.12. The van der Waals surface area contributed by atoms with Gasteiger partial charge in [-0.2, -0.15) is 0 Å². The topological polar surface area (TPSA) is 71.3 Å². The second-order valence-electron chi connectivity index (χ2n) is 7.10. The van der Waals surface area contributed by atoms with E-state index in [9.17, 15) is 9.59 Å². The molecule has 5 heteroatoms. The third-order valence-corrected chi connectivity index (χ3v) is 4.95. The van der Waals surface area contributed by atoms with Crippen LogP contribution in [0.2, 0.25) is 0 Å². The Morgan fingerprint density at radius 3 is 2.13 bits per heavy atom. The first-order valence-electron chi connectivity index (χ1n) is 10.0. The van der Waals surface area contributed by atoms with Crippen molar-refractivity contribution in [1.82, 2.24) is 5.32 Å². The van der Waals surface area contributed by atoms with Crippen molar-refractivity contribution < 1.29 is 14.0 Å². The Kier molecular flexibility index (Phi) is 6.24. The number of furan rings is 1. The van der Waals surface area contributed by atoms with Gasteiger partial charge in [-0.1, -0.05) is 72.8 Å². The van der Waals surface area contributed by atoms with Crippen LogP contribution in [0.25, 0.3) is 0 Å². The van der Waals surface area contributed by atoms with E-state index in [0.29, 0.717) is 17.7 Å². The van der Waals surface area contributed by atoms with E-state index in [4.69, 9.17) is 4.42 Å². The third-order valence-electron chi connectivity index (χ3n) is 4.95. The van der Waals surface area contributed by atoms with Crippen molar-refractivity contribution in [3.8, 4) is 0 Å². The molecule has 4 aromatic rings. The first kappa shape index (κ1) is 20.2. The molecule has 5 nitrogen and oxygen atoms in total. The van der Waals surface area contributed by atoms with E-state index in [1.165, 1.54) is 6.26 Å². The van der Waals surface area contributed by atoms with Crippen LogP contribution < -0.4 is 10.6 Å². The molecule has 2 N–H and O–H groups in total. The standard InChI is InChI=1S/C26H22N2O3/c29-25(21-14-7-8-15-22(21)27-26(30)24-16-9-17-31-24)28-23(20-12-5-2-6-13-20)18-19-10-3-1-4-11-19/h1-17,23H,18H2,(H,27,30)(H,28,29)/t23-/m0/s1. The average molecular weight is 410 g/mol. The van der Waals surface area contributed by atoms with E-state index in [1.807, 2.05) is 60.7 Å². The predicted molar refractivity (Wildman–Crippen MR) is 120 cm³/mol. The molecular formula is C26H22N2O3. The van der Waals surface area contributed by atoms with E-state index < -0.39 is 5.91 Å². The number of hydrogen-bond acceptors (Lipinski definition) is 3. The fraction of sp³-hybridized carbons (Fsp3) is 0.0769. The van der Waals surface area contributed by atoms with Gasteiger partial charge in [0.15, 0.2) is 5.76 Å². The van der Waals surface area contributed by atoms with Crippen molar-refractivity contribution in [2.45, 2.75) is 12.5 Å². The zero-order valence-electron chi connectivity index (χ0n) is 16.8. The van der Waals surface area contributed by atoms with Gasteiger partial charge in [0.05, 0.1) is 23.6 Å². The fourth-order valence-corrected chi connectivity index (χ4v) is 3.41. The lowest BCUT2D eigenvalue weighted by atomic mass is 9.98. The van der Waals surface area contributed by atoms with Crippen LogP contribution in [0.5, 0.6) is 0 Å². The number of anilines is 1. The Balaban J connectivity index is 1.57. The summed E-state index contributed by atoms with van der Waals surface area (Å²) in [6.45, 7) is 0. The quantitative estimate of drug-likeness (QED) is 0.437. The number of para-hydroxylation sites is 1. The monoisotopic (exact) mass is 410 g/mol. The van der Waals surface area contributed by atoms with Crippen molar-refractivity contribution in [3.63, 3.8) is 0 Å². The molecule has 1 heterocycles. The van der Waals surface area contributed by atoms with Gasteiger partial charge in [-0.15, -0.1) is 0 Å². The molecule has 0 fully saturated rings. The maximum atomic E-state index is 13.2. The number of nitrogens with one attached hydrogen (secondary N) is 2. The summed E-state index contributed by atoms with van der Waals surface area (Å²) in [6.07, 6.45) is 2.08.